The van der Waals surface area contributed by atoms with Crippen molar-refractivity contribution in [3.63, 3.8) is 0 Å². The van der Waals surface area contributed by atoms with Gasteiger partial charge in [-0.05, 0) is 15.9 Å². The summed E-state index contributed by atoms with van der Waals surface area (Å²) in [5.41, 5.74) is -2.84. The normalized spacial score (nSPS) is 12.2. The zero-order valence-electron chi connectivity index (χ0n) is 7.45. The Morgan fingerprint density at radius 1 is 1.38 bits per heavy atom. The maximum absolute atomic E-state index is 12.6. The fraction of sp³-hybridized carbons (Fsp3) is 0.375. The molecular weight excluding hydrogens is 320 g/mol. The molecule has 0 aliphatic rings. The Balaban J connectivity index is 3.51. The largest absolute Gasteiger partial charge is 0.417 e. The van der Waals surface area contributed by atoms with Crippen molar-refractivity contribution in [3.05, 3.63) is 27.5 Å². The Hall–Kier alpha value is -0.430. The standard InChI is InChI=1S/C8H4BrClF5N/c9-4-2-16-6(7(11)12)3(1-10)5(4)8(13,14)15/h2,7H,1H2. The van der Waals surface area contributed by atoms with Gasteiger partial charge in [-0.2, -0.15) is 13.2 Å². The van der Waals surface area contributed by atoms with Gasteiger partial charge in [0.2, 0.25) is 0 Å². The van der Waals surface area contributed by atoms with Crippen LogP contribution in [-0.2, 0) is 12.1 Å². The lowest BCUT2D eigenvalue weighted by atomic mass is 10.1. The first-order chi connectivity index (χ1) is 7.29. The second-order valence-corrected chi connectivity index (χ2v) is 3.90. The lowest BCUT2D eigenvalue weighted by molar-refractivity contribution is -0.138. The number of rotatable bonds is 2. The van der Waals surface area contributed by atoms with Gasteiger partial charge in [-0.25, -0.2) is 8.78 Å². The van der Waals surface area contributed by atoms with Crippen molar-refractivity contribution in [2.75, 3.05) is 0 Å². The van der Waals surface area contributed by atoms with E-state index in [1.54, 1.807) is 0 Å². The van der Waals surface area contributed by atoms with Gasteiger partial charge in [0.25, 0.3) is 6.43 Å². The molecule has 0 bridgehead atoms. The van der Waals surface area contributed by atoms with E-state index in [0.717, 1.165) is 0 Å². The van der Waals surface area contributed by atoms with E-state index in [9.17, 15) is 22.0 Å². The van der Waals surface area contributed by atoms with Crippen molar-refractivity contribution >= 4 is 27.5 Å². The monoisotopic (exact) mass is 323 g/mol. The van der Waals surface area contributed by atoms with Gasteiger partial charge in [0.05, 0.1) is 11.4 Å². The Morgan fingerprint density at radius 2 is 1.94 bits per heavy atom. The highest BCUT2D eigenvalue weighted by molar-refractivity contribution is 9.10. The highest BCUT2D eigenvalue weighted by Crippen LogP contribution is 2.40. The number of pyridine rings is 1. The van der Waals surface area contributed by atoms with Crippen LogP contribution in [0.3, 0.4) is 0 Å². The molecule has 1 heterocycles. The molecule has 0 aliphatic heterocycles. The first kappa shape index (κ1) is 13.6. The summed E-state index contributed by atoms with van der Waals surface area (Å²) in [6.45, 7) is 0. The van der Waals surface area contributed by atoms with E-state index in [-0.39, 0.29) is 0 Å². The van der Waals surface area contributed by atoms with E-state index in [0.29, 0.717) is 6.20 Å². The van der Waals surface area contributed by atoms with Gasteiger partial charge < -0.3 is 0 Å². The first-order valence-corrected chi connectivity index (χ1v) is 5.20. The molecule has 1 nitrogen and oxygen atoms in total. The van der Waals surface area contributed by atoms with Crippen LogP contribution < -0.4 is 0 Å². The molecule has 0 fully saturated rings. The average molecular weight is 324 g/mol. The van der Waals surface area contributed by atoms with Gasteiger partial charge in [-0.15, -0.1) is 11.6 Å². The maximum Gasteiger partial charge on any atom is 0.417 e. The SMILES string of the molecule is FC(F)c1ncc(Br)c(C(F)(F)F)c1CCl. The van der Waals surface area contributed by atoms with E-state index in [1.807, 2.05) is 0 Å². The topological polar surface area (TPSA) is 12.9 Å². The fourth-order valence-electron chi connectivity index (χ4n) is 1.17. The van der Waals surface area contributed by atoms with Gasteiger partial charge >= 0.3 is 6.18 Å². The van der Waals surface area contributed by atoms with Gasteiger partial charge in [0.1, 0.15) is 5.69 Å². The highest BCUT2D eigenvalue weighted by Gasteiger charge is 2.38. The summed E-state index contributed by atoms with van der Waals surface area (Å²) >= 11 is 7.89. The van der Waals surface area contributed by atoms with Crippen LogP contribution in [0.15, 0.2) is 10.7 Å². The highest BCUT2D eigenvalue weighted by atomic mass is 79.9. The second-order valence-electron chi connectivity index (χ2n) is 2.78. The molecule has 8 heteroatoms. The van der Waals surface area contributed by atoms with Gasteiger partial charge in [0.15, 0.2) is 0 Å². The van der Waals surface area contributed by atoms with Crippen LogP contribution in [0.1, 0.15) is 23.2 Å². The predicted molar refractivity (Wildman–Crippen MR) is 51.5 cm³/mol. The van der Waals surface area contributed by atoms with Crippen molar-refractivity contribution in [1.29, 1.82) is 0 Å². The number of hydrogen-bond acceptors (Lipinski definition) is 1. The summed E-state index contributed by atoms with van der Waals surface area (Å²) in [6.07, 6.45) is -7.15. The molecule has 16 heavy (non-hydrogen) atoms. The third-order valence-corrected chi connectivity index (χ3v) is 2.66. The minimum absolute atomic E-state index is 0.403. The second kappa shape index (κ2) is 4.83. The number of alkyl halides is 6. The Kier molecular flexibility index (Phi) is 4.12. The third-order valence-electron chi connectivity index (χ3n) is 1.79. The Bertz CT molecular complexity index is 393. The fourth-order valence-corrected chi connectivity index (χ4v) is 2.01. The minimum Gasteiger partial charge on any atom is -0.254 e. The Labute approximate surface area is 101 Å². The summed E-state index contributed by atoms with van der Waals surface area (Å²) < 4.78 is 62.2. The van der Waals surface area contributed by atoms with Crippen LogP contribution in [0.25, 0.3) is 0 Å². The van der Waals surface area contributed by atoms with Crippen molar-refractivity contribution < 1.29 is 22.0 Å². The zero-order valence-corrected chi connectivity index (χ0v) is 9.80. The van der Waals surface area contributed by atoms with Crippen LogP contribution in [0.4, 0.5) is 22.0 Å². The summed E-state index contributed by atoms with van der Waals surface area (Å²) in [7, 11) is 0. The molecule has 0 saturated carbocycles. The van der Waals surface area contributed by atoms with Gasteiger partial charge in [0, 0.05) is 16.2 Å². The minimum atomic E-state index is -4.75. The third kappa shape index (κ3) is 2.63. The molecule has 0 unspecified atom stereocenters. The smallest absolute Gasteiger partial charge is 0.254 e. The van der Waals surface area contributed by atoms with Crippen LogP contribution in [0.5, 0.6) is 0 Å². The van der Waals surface area contributed by atoms with Crippen LogP contribution >= 0.6 is 27.5 Å². The molecular formula is C8H4BrClF5N. The Morgan fingerprint density at radius 3 is 2.31 bits per heavy atom. The zero-order chi connectivity index (χ0) is 12.5. The van der Waals surface area contributed by atoms with E-state index >= 15 is 0 Å². The van der Waals surface area contributed by atoms with Gasteiger partial charge in [-0.3, -0.25) is 4.98 Å². The molecule has 90 valence electrons. The van der Waals surface area contributed by atoms with Crippen molar-refractivity contribution in [1.82, 2.24) is 4.98 Å². The molecule has 0 amide bonds. The summed E-state index contributed by atoms with van der Waals surface area (Å²) in [5.74, 6) is -0.680. The molecule has 0 saturated heterocycles. The van der Waals surface area contributed by atoms with E-state index < -0.39 is 39.8 Å². The number of aromatic nitrogens is 1. The lowest BCUT2D eigenvalue weighted by Gasteiger charge is -2.15. The summed E-state index contributed by atoms with van der Waals surface area (Å²) in [6, 6.07) is 0. The predicted octanol–water partition coefficient (Wildman–Crippen LogP) is 4.54. The molecule has 1 rings (SSSR count). The number of halogens is 7. The summed E-state index contributed by atoms with van der Waals surface area (Å²) in [5, 5.41) is 0. The van der Waals surface area contributed by atoms with Gasteiger partial charge in [-0.1, -0.05) is 0 Å². The molecule has 1 aromatic rings. The van der Waals surface area contributed by atoms with E-state index in [4.69, 9.17) is 11.6 Å². The van der Waals surface area contributed by atoms with Crippen LogP contribution in [0, 0.1) is 0 Å². The molecule has 0 N–H and O–H groups in total. The molecule has 0 aliphatic carbocycles. The van der Waals surface area contributed by atoms with E-state index in [1.165, 1.54) is 0 Å². The molecule has 1 aromatic heterocycles. The van der Waals surface area contributed by atoms with Crippen molar-refractivity contribution in [2.24, 2.45) is 0 Å². The average Bonchev–Trinajstić information content (AvgIpc) is 2.14. The lowest BCUT2D eigenvalue weighted by Crippen LogP contribution is -2.13. The van der Waals surface area contributed by atoms with Crippen molar-refractivity contribution in [2.45, 2.75) is 18.5 Å². The van der Waals surface area contributed by atoms with Crippen molar-refractivity contribution in [3.8, 4) is 0 Å². The number of hydrogen-bond donors (Lipinski definition) is 0. The van der Waals surface area contributed by atoms with Crippen LogP contribution in [-0.4, -0.2) is 4.98 Å². The molecule has 0 radical (unpaired) electrons. The molecule has 0 spiro atoms. The number of nitrogens with zero attached hydrogens (tertiary/aromatic N) is 1. The van der Waals surface area contributed by atoms with Crippen LogP contribution in [0.2, 0.25) is 0 Å². The molecule has 0 aromatic carbocycles. The first-order valence-electron chi connectivity index (χ1n) is 3.87. The molecule has 0 atom stereocenters. The summed E-state index contributed by atoms with van der Waals surface area (Å²) in [4.78, 5) is 3.24. The maximum atomic E-state index is 12.6. The van der Waals surface area contributed by atoms with E-state index in [2.05, 4.69) is 20.9 Å². The quantitative estimate of drug-likeness (QED) is 0.575.